The zero-order valence-corrected chi connectivity index (χ0v) is 17.3. The zero-order chi connectivity index (χ0) is 20.2. The molecule has 1 fully saturated rings. The monoisotopic (exact) mass is 429 g/mol. The summed E-state index contributed by atoms with van der Waals surface area (Å²) in [5, 5.41) is 4.25. The van der Waals surface area contributed by atoms with Crippen molar-refractivity contribution >= 4 is 40.7 Å². The van der Waals surface area contributed by atoms with E-state index in [1.54, 1.807) is 30.5 Å². The Bertz CT molecular complexity index is 981. The van der Waals surface area contributed by atoms with Crippen LogP contribution in [0.2, 0.25) is 10.0 Å². The Kier molecular flexibility index (Phi) is 6.04. The summed E-state index contributed by atoms with van der Waals surface area (Å²) in [5.74, 6) is 0.860. The molecule has 0 aliphatic carbocycles. The number of carbonyl (C=O) groups is 1. The summed E-state index contributed by atoms with van der Waals surface area (Å²) in [6.07, 6.45) is 3.73. The van der Waals surface area contributed by atoms with Crippen molar-refractivity contribution < 1.29 is 4.79 Å². The van der Waals surface area contributed by atoms with Crippen LogP contribution in [0.4, 0.5) is 11.6 Å². The molecule has 3 aromatic rings. The van der Waals surface area contributed by atoms with Gasteiger partial charge in [-0.2, -0.15) is 0 Å². The highest BCUT2D eigenvalue weighted by molar-refractivity contribution is 6.31. The van der Waals surface area contributed by atoms with Crippen LogP contribution < -0.4 is 10.2 Å². The van der Waals surface area contributed by atoms with Crippen LogP contribution in [-0.2, 0) is 4.79 Å². The topological polar surface area (TPSA) is 53.4 Å². The first kappa shape index (κ1) is 19.8. The van der Waals surface area contributed by atoms with E-state index in [-0.39, 0.29) is 5.91 Å². The minimum absolute atomic E-state index is 0.0267. The molecule has 150 valence electrons. The lowest BCUT2D eigenvalue weighted by Gasteiger charge is -2.35. The third kappa shape index (κ3) is 4.90. The van der Waals surface area contributed by atoms with Crippen LogP contribution in [0.15, 0.2) is 60.9 Å². The van der Waals surface area contributed by atoms with Gasteiger partial charge in [-0.25, -0.2) is 4.98 Å². The first-order valence-electron chi connectivity index (χ1n) is 9.40. The van der Waals surface area contributed by atoms with Crippen molar-refractivity contribution in [3.05, 3.63) is 71.0 Å². The largest absolute Gasteiger partial charge is 0.339 e. The molecule has 0 unspecified atom stereocenters. The van der Waals surface area contributed by atoms with E-state index in [2.05, 4.69) is 20.1 Å². The number of carbonyl (C=O) groups excluding carboxylic acids is 1. The SMILES string of the molecule is O=C(CN1CCN(c2nccn2-c2cccc(Cl)c2)CC1)Nc1ccc(Cl)cc1. The quantitative estimate of drug-likeness (QED) is 0.667. The van der Waals surface area contributed by atoms with Crippen LogP contribution >= 0.6 is 23.2 Å². The van der Waals surface area contributed by atoms with Gasteiger partial charge in [0.15, 0.2) is 0 Å². The van der Waals surface area contributed by atoms with Crippen LogP contribution in [0.1, 0.15) is 0 Å². The number of nitrogens with zero attached hydrogens (tertiary/aromatic N) is 4. The van der Waals surface area contributed by atoms with Gasteiger partial charge in [0.2, 0.25) is 11.9 Å². The minimum atomic E-state index is -0.0267. The molecular weight excluding hydrogens is 409 g/mol. The summed E-state index contributed by atoms with van der Waals surface area (Å²) in [6, 6.07) is 14.8. The zero-order valence-electron chi connectivity index (χ0n) is 15.8. The molecule has 6 nitrogen and oxygen atoms in total. The average molecular weight is 430 g/mol. The van der Waals surface area contributed by atoms with E-state index >= 15 is 0 Å². The number of nitrogens with one attached hydrogen (secondary N) is 1. The molecule has 8 heteroatoms. The Morgan fingerprint density at radius 3 is 2.48 bits per heavy atom. The van der Waals surface area contributed by atoms with Gasteiger partial charge in [0.05, 0.1) is 6.54 Å². The molecule has 1 aliphatic rings. The van der Waals surface area contributed by atoms with E-state index in [0.29, 0.717) is 16.6 Å². The molecule has 29 heavy (non-hydrogen) atoms. The van der Waals surface area contributed by atoms with Crippen molar-refractivity contribution in [1.82, 2.24) is 14.5 Å². The number of amides is 1. The highest BCUT2D eigenvalue weighted by Crippen LogP contribution is 2.22. The van der Waals surface area contributed by atoms with Gasteiger partial charge >= 0.3 is 0 Å². The van der Waals surface area contributed by atoms with Gasteiger partial charge in [-0.15, -0.1) is 0 Å². The maximum Gasteiger partial charge on any atom is 0.238 e. The normalized spacial score (nSPS) is 14.8. The van der Waals surface area contributed by atoms with Gasteiger partial charge in [-0.05, 0) is 42.5 Å². The second-order valence-electron chi connectivity index (χ2n) is 6.90. The van der Waals surface area contributed by atoms with E-state index < -0.39 is 0 Å². The number of hydrogen-bond acceptors (Lipinski definition) is 4. The molecule has 2 heterocycles. The highest BCUT2D eigenvalue weighted by Gasteiger charge is 2.22. The third-order valence-electron chi connectivity index (χ3n) is 4.86. The number of benzene rings is 2. The predicted molar refractivity (Wildman–Crippen MR) is 117 cm³/mol. The smallest absolute Gasteiger partial charge is 0.238 e. The van der Waals surface area contributed by atoms with Crippen LogP contribution in [-0.4, -0.2) is 53.1 Å². The lowest BCUT2D eigenvalue weighted by Crippen LogP contribution is -2.49. The van der Waals surface area contributed by atoms with Gasteiger partial charge in [0, 0.05) is 60.0 Å². The number of aromatic nitrogens is 2. The first-order valence-corrected chi connectivity index (χ1v) is 10.2. The molecule has 4 rings (SSSR count). The van der Waals surface area contributed by atoms with E-state index in [1.165, 1.54) is 0 Å². The van der Waals surface area contributed by atoms with Gasteiger partial charge in [-0.1, -0.05) is 29.3 Å². The van der Waals surface area contributed by atoms with E-state index in [0.717, 1.165) is 43.5 Å². The number of halogens is 2. The van der Waals surface area contributed by atoms with Crippen LogP contribution in [0, 0.1) is 0 Å². The molecular formula is C21H21Cl2N5O. The lowest BCUT2D eigenvalue weighted by atomic mass is 10.3. The van der Waals surface area contributed by atoms with Crippen LogP contribution in [0.25, 0.3) is 5.69 Å². The number of imidazole rings is 1. The number of rotatable bonds is 5. The summed E-state index contributed by atoms with van der Waals surface area (Å²) in [6.45, 7) is 3.53. The van der Waals surface area contributed by atoms with Crippen molar-refractivity contribution in [3.63, 3.8) is 0 Å². The Labute approximate surface area is 179 Å². The molecule has 2 aromatic carbocycles. The van der Waals surface area contributed by atoms with E-state index in [1.807, 2.05) is 35.0 Å². The Hall–Kier alpha value is -2.54. The number of piperazine rings is 1. The summed E-state index contributed by atoms with van der Waals surface area (Å²) in [5.41, 5.74) is 1.73. The molecule has 0 bridgehead atoms. The third-order valence-corrected chi connectivity index (χ3v) is 5.34. The van der Waals surface area contributed by atoms with Crippen LogP contribution in [0.3, 0.4) is 0 Å². The average Bonchev–Trinajstić information content (AvgIpc) is 3.20. The fraction of sp³-hybridized carbons (Fsp3) is 0.238. The molecule has 0 radical (unpaired) electrons. The summed E-state index contributed by atoms with van der Waals surface area (Å²) >= 11 is 12.0. The molecule has 1 aromatic heterocycles. The van der Waals surface area contributed by atoms with Gasteiger partial charge < -0.3 is 10.2 Å². The first-order chi connectivity index (χ1) is 14.1. The number of hydrogen-bond donors (Lipinski definition) is 1. The van der Waals surface area contributed by atoms with Gasteiger partial charge in [0.1, 0.15) is 0 Å². The number of anilines is 2. The Balaban J connectivity index is 1.34. The van der Waals surface area contributed by atoms with Crippen molar-refractivity contribution in [3.8, 4) is 5.69 Å². The second-order valence-corrected chi connectivity index (χ2v) is 7.77. The van der Waals surface area contributed by atoms with Crippen molar-refractivity contribution in [2.75, 3.05) is 42.9 Å². The lowest BCUT2D eigenvalue weighted by molar-refractivity contribution is -0.117. The fourth-order valence-electron chi connectivity index (χ4n) is 3.40. The van der Waals surface area contributed by atoms with Crippen molar-refractivity contribution in [1.29, 1.82) is 0 Å². The molecule has 0 atom stereocenters. The second kappa shape index (κ2) is 8.86. The molecule has 0 spiro atoms. The maximum atomic E-state index is 12.3. The van der Waals surface area contributed by atoms with Crippen LogP contribution in [0.5, 0.6) is 0 Å². The van der Waals surface area contributed by atoms with Gasteiger partial charge in [0.25, 0.3) is 0 Å². The molecule has 1 saturated heterocycles. The standard InChI is InChI=1S/C21H21Cl2N5O/c22-16-4-6-18(7-5-16)25-20(29)15-26-10-12-27(13-11-26)21-24-8-9-28(21)19-3-1-2-17(23)14-19/h1-9,14H,10-13,15H2,(H,25,29). The van der Waals surface area contributed by atoms with E-state index in [4.69, 9.17) is 23.2 Å². The minimum Gasteiger partial charge on any atom is -0.339 e. The molecule has 1 aliphatic heterocycles. The predicted octanol–water partition coefficient (Wildman–Crippen LogP) is 3.94. The van der Waals surface area contributed by atoms with E-state index in [9.17, 15) is 4.79 Å². The summed E-state index contributed by atoms with van der Waals surface area (Å²) in [4.78, 5) is 21.2. The van der Waals surface area contributed by atoms with Crippen molar-refractivity contribution in [2.24, 2.45) is 0 Å². The Morgan fingerprint density at radius 2 is 1.76 bits per heavy atom. The summed E-state index contributed by atoms with van der Waals surface area (Å²) < 4.78 is 2.04. The Morgan fingerprint density at radius 1 is 1.00 bits per heavy atom. The summed E-state index contributed by atoms with van der Waals surface area (Å²) in [7, 11) is 0. The van der Waals surface area contributed by atoms with Crippen molar-refractivity contribution in [2.45, 2.75) is 0 Å². The molecule has 1 N–H and O–H groups in total. The maximum absolute atomic E-state index is 12.3. The molecule has 1 amide bonds. The fourth-order valence-corrected chi connectivity index (χ4v) is 3.71. The van der Waals surface area contributed by atoms with Gasteiger partial charge in [-0.3, -0.25) is 14.3 Å². The molecule has 0 saturated carbocycles. The highest BCUT2D eigenvalue weighted by atomic mass is 35.5.